The average molecular weight is 535 g/mol. The molecular formula is C34H47O3P. The first-order valence-corrected chi connectivity index (χ1v) is 16.4. The lowest BCUT2D eigenvalue weighted by Gasteiger charge is -2.32. The molecule has 0 amide bonds. The molecule has 206 valence electrons. The van der Waals surface area contributed by atoms with E-state index in [0.29, 0.717) is 13.0 Å². The maximum Gasteiger partial charge on any atom is 0.148 e. The van der Waals surface area contributed by atoms with Crippen molar-refractivity contribution in [1.29, 1.82) is 0 Å². The fraction of sp³-hybridized carbons (Fsp3) is 0.471. The summed E-state index contributed by atoms with van der Waals surface area (Å²) in [5.41, 5.74) is 0.922. The summed E-state index contributed by atoms with van der Waals surface area (Å²) < 4.78 is 20.9. The Bertz CT molecular complexity index is 996. The lowest BCUT2D eigenvalue weighted by Crippen LogP contribution is -2.35. The van der Waals surface area contributed by atoms with Crippen LogP contribution >= 0.6 is 7.14 Å². The van der Waals surface area contributed by atoms with Gasteiger partial charge < -0.3 is 14.4 Å². The summed E-state index contributed by atoms with van der Waals surface area (Å²) in [4.78, 5) is 0. The third-order valence-electron chi connectivity index (χ3n) is 7.44. The molecule has 1 N–H and O–H groups in total. The van der Waals surface area contributed by atoms with Crippen molar-refractivity contribution in [2.45, 2.75) is 95.9 Å². The van der Waals surface area contributed by atoms with E-state index in [1.165, 1.54) is 31.2 Å². The number of aliphatic hydroxyl groups excluding tert-OH is 1. The highest BCUT2D eigenvalue weighted by Crippen LogP contribution is 2.52. The fourth-order valence-electron chi connectivity index (χ4n) is 5.27. The predicted molar refractivity (Wildman–Crippen MR) is 162 cm³/mol. The van der Waals surface area contributed by atoms with Crippen LogP contribution in [-0.4, -0.2) is 23.5 Å². The second-order valence-electron chi connectivity index (χ2n) is 10.4. The first kappa shape index (κ1) is 30.4. The number of hydrogen-bond donors (Lipinski definition) is 1. The van der Waals surface area contributed by atoms with Crippen molar-refractivity contribution in [2.24, 2.45) is 0 Å². The smallest absolute Gasteiger partial charge is 0.148 e. The molecule has 0 aromatic heterocycles. The van der Waals surface area contributed by atoms with Crippen LogP contribution in [0, 0.1) is 0 Å². The predicted octanol–water partition coefficient (Wildman–Crippen LogP) is 8.26. The van der Waals surface area contributed by atoms with Gasteiger partial charge in [0.25, 0.3) is 0 Å². The van der Waals surface area contributed by atoms with Crippen LogP contribution in [0.5, 0.6) is 0 Å². The Morgan fingerprint density at radius 2 is 1.16 bits per heavy atom. The Hall–Kier alpha value is -2.19. The molecule has 4 heteroatoms. The van der Waals surface area contributed by atoms with Crippen LogP contribution < -0.4 is 10.6 Å². The van der Waals surface area contributed by atoms with Crippen LogP contribution in [0.25, 0.3) is 0 Å². The van der Waals surface area contributed by atoms with Crippen molar-refractivity contribution in [3.05, 3.63) is 96.6 Å². The molecule has 0 radical (unpaired) electrons. The van der Waals surface area contributed by atoms with Crippen molar-refractivity contribution in [2.75, 3.05) is 6.61 Å². The molecular weight excluding hydrogens is 487 g/mol. The van der Waals surface area contributed by atoms with Crippen molar-refractivity contribution in [3.63, 3.8) is 0 Å². The topological polar surface area (TPSA) is 46.5 Å². The second kappa shape index (κ2) is 17.4. The Morgan fingerprint density at radius 1 is 0.658 bits per heavy atom. The van der Waals surface area contributed by atoms with Gasteiger partial charge in [0.15, 0.2) is 0 Å². The van der Waals surface area contributed by atoms with Gasteiger partial charge in [0.1, 0.15) is 7.14 Å². The molecule has 3 aromatic rings. The molecule has 0 aliphatic rings. The summed E-state index contributed by atoms with van der Waals surface area (Å²) >= 11 is 0. The summed E-state index contributed by atoms with van der Waals surface area (Å²) in [5.74, 6) is 0. The molecule has 0 aliphatic carbocycles. The third kappa shape index (κ3) is 9.53. The molecule has 0 saturated heterocycles. The molecule has 0 bridgehead atoms. The minimum Gasteiger partial charge on any atom is -0.392 e. The molecule has 3 nitrogen and oxygen atoms in total. The zero-order valence-electron chi connectivity index (χ0n) is 23.2. The summed E-state index contributed by atoms with van der Waals surface area (Å²) in [5, 5.41) is 13.3. The normalized spacial score (nSPS) is 13.3. The zero-order chi connectivity index (χ0) is 26.9. The van der Waals surface area contributed by atoms with E-state index in [1.54, 1.807) is 0 Å². The number of aliphatic hydroxyl groups is 1. The van der Waals surface area contributed by atoms with Gasteiger partial charge in [0, 0.05) is 22.9 Å². The Morgan fingerprint density at radius 3 is 1.76 bits per heavy atom. The van der Waals surface area contributed by atoms with Crippen LogP contribution in [0.1, 0.15) is 83.1 Å². The van der Waals surface area contributed by atoms with Crippen molar-refractivity contribution >= 4 is 17.8 Å². The Labute approximate surface area is 231 Å². The molecule has 3 rings (SSSR count). The molecule has 38 heavy (non-hydrogen) atoms. The average Bonchev–Trinajstić information content (AvgIpc) is 2.97. The van der Waals surface area contributed by atoms with Crippen LogP contribution in [0.2, 0.25) is 0 Å². The van der Waals surface area contributed by atoms with E-state index < -0.39 is 13.2 Å². The molecule has 2 atom stereocenters. The fourth-order valence-corrected chi connectivity index (χ4v) is 8.75. The number of ether oxygens (including phenoxy) is 1. The van der Waals surface area contributed by atoms with Crippen LogP contribution in [0.15, 0.2) is 91.0 Å². The Balaban J connectivity index is 1.63. The highest BCUT2D eigenvalue weighted by Gasteiger charge is 2.40. The minimum atomic E-state index is -3.03. The molecule has 0 spiro atoms. The van der Waals surface area contributed by atoms with E-state index in [4.69, 9.17) is 4.74 Å². The van der Waals surface area contributed by atoms with Gasteiger partial charge in [0.2, 0.25) is 0 Å². The third-order valence-corrected chi connectivity index (χ3v) is 11.1. The zero-order valence-corrected chi connectivity index (χ0v) is 24.1. The molecule has 0 heterocycles. The van der Waals surface area contributed by atoms with Gasteiger partial charge in [-0.25, -0.2) is 0 Å². The van der Waals surface area contributed by atoms with E-state index >= 15 is 4.57 Å². The largest absolute Gasteiger partial charge is 0.392 e. The minimum absolute atomic E-state index is 0.271. The first-order valence-electron chi connectivity index (χ1n) is 14.7. The SMILES string of the molecule is CCCCCCCC[C@@H]([C@H](O)CCCCCOCc1ccccc1)P(=O)(c1ccccc1)c1ccccc1. The second-order valence-corrected chi connectivity index (χ2v) is 13.4. The summed E-state index contributed by atoms with van der Waals surface area (Å²) in [6, 6.07) is 30.0. The Kier molecular flexibility index (Phi) is 13.9. The highest BCUT2D eigenvalue weighted by atomic mass is 31.2. The highest BCUT2D eigenvalue weighted by molar-refractivity contribution is 7.79. The van der Waals surface area contributed by atoms with Crippen LogP contribution in [0.4, 0.5) is 0 Å². The standard InChI is InChI=1S/C34H47O3P/c1-2-3-4-5-6-18-27-34(33(35)26-17-10-19-28-37-29-30-20-11-7-12-21-30)38(36,31-22-13-8-14-23-31)32-24-15-9-16-25-32/h7-9,11-16,20-25,33-35H,2-6,10,17-19,26-29H2,1H3/t33-,34+/m1/s1. The molecule has 0 aliphatic heterocycles. The number of hydrogen-bond acceptors (Lipinski definition) is 3. The van der Waals surface area contributed by atoms with Gasteiger partial charge in [-0.2, -0.15) is 0 Å². The molecule has 0 saturated carbocycles. The van der Waals surface area contributed by atoms with Gasteiger partial charge >= 0.3 is 0 Å². The lowest BCUT2D eigenvalue weighted by atomic mass is 10.0. The maximum atomic E-state index is 15.1. The number of unbranched alkanes of at least 4 members (excludes halogenated alkanes) is 7. The monoisotopic (exact) mass is 534 g/mol. The quantitative estimate of drug-likeness (QED) is 0.124. The van der Waals surface area contributed by atoms with Gasteiger partial charge in [-0.15, -0.1) is 0 Å². The van der Waals surface area contributed by atoms with Crippen LogP contribution in [0.3, 0.4) is 0 Å². The molecule has 3 aromatic carbocycles. The van der Waals surface area contributed by atoms with E-state index in [9.17, 15) is 5.11 Å². The summed E-state index contributed by atoms with van der Waals surface area (Å²) in [6.45, 7) is 3.59. The van der Waals surface area contributed by atoms with Gasteiger partial charge in [-0.1, -0.05) is 149 Å². The summed E-state index contributed by atoms with van der Waals surface area (Å²) in [7, 11) is -3.03. The van der Waals surface area contributed by atoms with Gasteiger partial charge in [0.05, 0.1) is 12.7 Å². The van der Waals surface area contributed by atoms with E-state index in [-0.39, 0.29) is 5.66 Å². The van der Waals surface area contributed by atoms with Crippen molar-refractivity contribution < 1.29 is 14.4 Å². The van der Waals surface area contributed by atoms with Gasteiger partial charge in [-0.3, -0.25) is 0 Å². The van der Waals surface area contributed by atoms with E-state index in [2.05, 4.69) is 19.1 Å². The molecule has 0 fully saturated rings. The molecule has 0 unspecified atom stereocenters. The maximum absolute atomic E-state index is 15.1. The van der Waals surface area contributed by atoms with Gasteiger partial charge in [-0.05, 0) is 24.8 Å². The first-order chi connectivity index (χ1) is 18.7. The van der Waals surface area contributed by atoms with Crippen molar-refractivity contribution in [3.8, 4) is 0 Å². The van der Waals surface area contributed by atoms with E-state index in [1.807, 2.05) is 78.9 Å². The number of rotatable bonds is 19. The van der Waals surface area contributed by atoms with Crippen molar-refractivity contribution in [1.82, 2.24) is 0 Å². The number of benzene rings is 3. The van der Waals surface area contributed by atoms with E-state index in [0.717, 1.165) is 55.7 Å². The lowest BCUT2D eigenvalue weighted by molar-refractivity contribution is 0.113. The summed E-state index contributed by atoms with van der Waals surface area (Å²) in [6.07, 6.45) is 10.8. The van der Waals surface area contributed by atoms with Crippen LogP contribution in [-0.2, 0) is 15.9 Å².